The number of ketones is 1. The van der Waals surface area contributed by atoms with Crippen LogP contribution >= 0.6 is 0 Å². The molecule has 1 atom stereocenters. The van der Waals surface area contributed by atoms with E-state index in [0.29, 0.717) is 16.9 Å². The first-order chi connectivity index (χ1) is 8.74. The van der Waals surface area contributed by atoms with E-state index in [0.717, 1.165) is 0 Å². The van der Waals surface area contributed by atoms with Crippen LogP contribution in [0.1, 0.15) is 28.4 Å². The second-order valence-corrected chi connectivity index (χ2v) is 4.28. The highest BCUT2D eigenvalue weighted by Gasteiger charge is 2.27. The van der Waals surface area contributed by atoms with Gasteiger partial charge in [-0.25, -0.2) is 4.39 Å². The molecule has 2 aromatic rings. The standard InChI is InChI=1S/C15H11FO2/c16-11-5-3-4-10(8-11)15-9-13(17)12-6-1-2-7-14(12)18-15/h1-8,15H,9H2/t15-/m0/s1. The van der Waals surface area contributed by atoms with Crippen LogP contribution in [0.25, 0.3) is 0 Å². The summed E-state index contributed by atoms with van der Waals surface area (Å²) < 4.78 is 18.9. The topological polar surface area (TPSA) is 26.3 Å². The number of halogens is 1. The summed E-state index contributed by atoms with van der Waals surface area (Å²) in [5, 5.41) is 0. The van der Waals surface area contributed by atoms with Crippen molar-refractivity contribution in [2.75, 3.05) is 0 Å². The van der Waals surface area contributed by atoms with Crippen molar-refractivity contribution in [1.29, 1.82) is 0 Å². The van der Waals surface area contributed by atoms with Crippen LogP contribution < -0.4 is 4.74 Å². The van der Waals surface area contributed by atoms with Gasteiger partial charge in [0.15, 0.2) is 5.78 Å². The van der Waals surface area contributed by atoms with Crippen molar-refractivity contribution < 1.29 is 13.9 Å². The van der Waals surface area contributed by atoms with Crippen molar-refractivity contribution in [3.8, 4) is 5.75 Å². The monoisotopic (exact) mass is 242 g/mol. The lowest BCUT2D eigenvalue weighted by atomic mass is 9.96. The Kier molecular flexibility index (Phi) is 2.59. The zero-order valence-electron chi connectivity index (χ0n) is 9.60. The van der Waals surface area contributed by atoms with Crippen LogP contribution in [0.5, 0.6) is 5.75 Å². The summed E-state index contributed by atoms with van der Waals surface area (Å²) in [5.41, 5.74) is 1.29. The second-order valence-electron chi connectivity index (χ2n) is 4.28. The molecule has 0 amide bonds. The fraction of sp³-hybridized carbons (Fsp3) is 0.133. The molecular weight excluding hydrogens is 231 g/mol. The Hall–Kier alpha value is -2.16. The molecule has 1 heterocycles. The minimum Gasteiger partial charge on any atom is -0.484 e. The molecule has 1 aliphatic rings. The Morgan fingerprint density at radius 1 is 1.11 bits per heavy atom. The number of carbonyl (C=O) groups excluding carboxylic acids is 1. The number of hydrogen-bond donors (Lipinski definition) is 0. The average molecular weight is 242 g/mol. The summed E-state index contributed by atoms with van der Waals surface area (Å²) in [6.45, 7) is 0. The van der Waals surface area contributed by atoms with Crippen LogP contribution in [-0.4, -0.2) is 5.78 Å². The molecule has 0 unspecified atom stereocenters. The van der Waals surface area contributed by atoms with Gasteiger partial charge in [0, 0.05) is 0 Å². The first kappa shape index (κ1) is 11.0. The van der Waals surface area contributed by atoms with E-state index in [-0.39, 0.29) is 18.0 Å². The highest BCUT2D eigenvalue weighted by molar-refractivity contribution is 5.99. The fourth-order valence-corrected chi connectivity index (χ4v) is 2.17. The summed E-state index contributed by atoms with van der Waals surface area (Å²) in [6, 6.07) is 13.3. The van der Waals surface area contributed by atoms with E-state index < -0.39 is 6.10 Å². The number of fused-ring (bicyclic) bond motifs is 1. The maximum absolute atomic E-state index is 13.2. The molecule has 0 fully saturated rings. The summed E-state index contributed by atoms with van der Waals surface area (Å²) in [5.74, 6) is 0.288. The van der Waals surface area contributed by atoms with Crippen molar-refractivity contribution >= 4 is 5.78 Å². The molecule has 0 spiro atoms. The van der Waals surface area contributed by atoms with E-state index >= 15 is 0 Å². The molecule has 90 valence electrons. The lowest BCUT2D eigenvalue weighted by Gasteiger charge is -2.25. The molecule has 2 aromatic carbocycles. The Morgan fingerprint density at radius 3 is 2.78 bits per heavy atom. The van der Waals surface area contributed by atoms with E-state index in [2.05, 4.69) is 0 Å². The van der Waals surface area contributed by atoms with Gasteiger partial charge in [-0.05, 0) is 29.8 Å². The van der Waals surface area contributed by atoms with Crippen LogP contribution in [0, 0.1) is 5.82 Å². The first-order valence-electron chi connectivity index (χ1n) is 5.78. The Labute approximate surface area is 104 Å². The number of ether oxygens (including phenoxy) is 1. The molecular formula is C15H11FO2. The number of carbonyl (C=O) groups is 1. The first-order valence-corrected chi connectivity index (χ1v) is 5.78. The van der Waals surface area contributed by atoms with Gasteiger partial charge in [0.05, 0.1) is 12.0 Å². The molecule has 0 bridgehead atoms. The van der Waals surface area contributed by atoms with Crippen molar-refractivity contribution in [3.05, 3.63) is 65.5 Å². The minimum atomic E-state index is -0.400. The summed E-state index contributed by atoms with van der Waals surface area (Å²) in [6.07, 6.45) is -0.149. The van der Waals surface area contributed by atoms with E-state index in [1.165, 1.54) is 12.1 Å². The number of para-hydroxylation sites is 1. The predicted molar refractivity (Wildman–Crippen MR) is 65.2 cm³/mol. The normalized spacial score (nSPS) is 18.1. The molecule has 3 heteroatoms. The second kappa shape index (κ2) is 4.26. The van der Waals surface area contributed by atoms with Gasteiger partial charge >= 0.3 is 0 Å². The van der Waals surface area contributed by atoms with Crippen molar-refractivity contribution in [3.63, 3.8) is 0 Å². The van der Waals surface area contributed by atoms with Gasteiger partial charge in [0.1, 0.15) is 17.7 Å². The molecule has 18 heavy (non-hydrogen) atoms. The number of benzene rings is 2. The quantitative estimate of drug-likeness (QED) is 0.764. The van der Waals surface area contributed by atoms with Gasteiger partial charge in [-0.15, -0.1) is 0 Å². The van der Waals surface area contributed by atoms with Crippen LogP contribution in [0.4, 0.5) is 4.39 Å². The van der Waals surface area contributed by atoms with Crippen molar-refractivity contribution in [2.24, 2.45) is 0 Å². The summed E-state index contributed by atoms with van der Waals surface area (Å²) >= 11 is 0. The lowest BCUT2D eigenvalue weighted by molar-refractivity contribution is 0.0849. The van der Waals surface area contributed by atoms with Gasteiger partial charge in [0.25, 0.3) is 0 Å². The van der Waals surface area contributed by atoms with Crippen LogP contribution in [0.3, 0.4) is 0 Å². The fourth-order valence-electron chi connectivity index (χ4n) is 2.17. The molecule has 2 nitrogen and oxygen atoms in total. The van der Waals surface area contributed by atoms with Crippen LogP contribution in [0.2, 0.25) is 0 Å². The summed E-state index contributed by atoms with van der Waals surface area (Å²) in [4.78, 5) is 12.0. The SMILES string of the molecule is O=C1C[C@@H](c2cccc(F)c2)Oc2ccccc21. The van der Waals surface area contributed by atoms with Gasteiger partial charge in [-0.2, -0.15) is 0 Å². The Bertz CT molecular complexity index is 607. The number of rotatable bonds is 1. The van der Waals surface area contributed by atoms with Crippen LogP contribution in [0.15, 0.2) is 48.5 Å². The third-order valence-corrected chi connectivity index (χ3v) is 3.05. The van der Waals surface area contributed by atoms with Crippen LogP contribution in [-0.2, 0) is 0 Å². The van der Waals surface area contributed by atoms with Gasteiger partial charge < -0.3 is 4.74 Å². The van der Waals surface area contributed by atoms with Gasteiger partial charge in [0.2, 0.25) is 0 Å². The zero-order chi connectivity index (χ0) is 12.5. The van der Waals surface area contributed by atoms with Gasteiger partial charge in [-0.1, -0.05) is 24.3 Å². The molecule has 1 aliphatic heterocycles. The highest BCUT2D eigenvalue weighted by atomic mass is 19.1. The molecule has 0 N–H and O–H groups in total. The largest absolute Gasteiger partial charge is 0.484 e. The van der Waals surface area contributed by atoms with E-state index in [9.17, 15) is 9.18 Å². The smallest absolute Gasteiger partial charge is 0.170 e. The Balaban J connectivity index is 1.97. The average Bonchev–Trinajstić information content (AvgIpc) is 2.39. The molecule has 0 radical (unpaired) electrons. The maximum atomic E-state index is 13.2. The van der Waals surface area contributed by atoms with Crippen molar-refractivity contribution in [1.82, 2.24) is 0 Å². The zero-order valence-corrected chi connectivity index (χ0v) is 9.60. The molecule has 0 saturated heterocycles. The third kappa shape index (κ3) is 1.88. The maximum Gasteiger partial charge on any atom is 0.170 e. The number of Topliss-reactive ketones (excluding diaryl/α,β-unsaturated/α-hetero) is 1. The Morgan fingerprint density at radius 2 is 1.94 bits per heavy atom. The molecule has 0 aromatic heterocycles. The van der Waals surface area contributed by atoms with E-state index in [1.807, 2.05) is 12.1 Å². The molecule has 0 aliphatic carbocycles. The lowest BCUT2D eigenvalue weighted by Crippen LogP contribution is -2.20. The highest BCUT2D eigenvalue weighted by Crippen LogP contribution is 2.34. The molecule has 3 rings (SSSR count). The summed E-state index contributed by atoms with van der Waals surface area (Å²) in [7, 11) is 0. The third-order valence-electron chi connectivity index (χ3n) is 3.05. The van der Waals surface area contributed by atoms with E-state index in [1.54, 1.807) is 24.3 Å². The van der Waals surface area contributed by atoms with Gasteiger partial charge in [-0.3, -0.25) is 4.79 Å². The predicted octanol–water partition coefficient (Wildman–Crippen LogP) is 3.53. The molecule has 0 saturated carbocycles. The van der Waals surface area contributed by atoms with Crippen molar-refractivity contribution in [2.45, 2.75) is 12.5 Å². The number of hydrogen-bond acceptors (Lipinski definition) is 2. The van der Waals surface area contributed by atoms with E-state index in [4.69, 9.17) is 4.74 Å². The minimum absolute atomic E-state index is 0.0334.